The lowest BCUT2D eigenvalue weighted by Gasteiger charge is -2.30. The van der Waals surface area contributed by atoms with Gasteiger partial charge in [-0.3, -0.25) is 14.9 Å². The van der Waals surface area contributed by atoms with E-state index in [-0.39, 0.29) is 28.8 Å². The molecule has 8 nitrogen and oxygen atoms in total. The fourth-order valence-electron chi connectivity index (χ4n) is 5.93. The van der Waals surface area contributed by atoms with Crippen molar-refractivity contribution in [1.82, 2.24) is 5.01 Å². The maximum absolute atomic E-state index is 14.0. The second-order valence-corrected chi connectivity index (χ2v) is 10.4. The van der Waals surface area contributed by atoms with Gasteiger partial charge in [0.2, 0.25) is 0 Å². The number of fused-ring (bicyclic) bond motifs is 1. The van der Waals surface area contributed by atoms with Gasteiger partial charge in [-0.25, -0.2) is 13.8 Å². The van der Waals surface area contributed by atoms with E-state index in [1.54, 1.807) is 36.4 Å². The molecule has 10 heteroatoms. The van der Waals surface area contributed by atoms with Crippen molar-refractivity contribution >= 4 is 29.1 Å². The first-order valence-corrected chi connectivity index (χ1v) is 13.6. The summed E-state index contributed by atoms with van der Waals surface area (Å²) in [4.78, 5) is 27.5. The fourth-order valence-corrected chi connectivity index (χ4v) is 5.93. The van der Waals surface area contributed by atoms with Crippen molar-refractivity contribution in [3.8, 4) is 0 Å². The number of hydrogen-bond donors (Lipinski definition) is 0. The predicted molar refractivity (Wildman–Crippen MR) is 151 cm³/mol. The zero-order valence-electron chi connectivity index (χ0n) is 22.2. The Bertz CT molecular complexity index is 1530. The molecule has 0 bridgehead atoms. The maximum Gasteiger partial charge on any atom is 0.293 e. The van der Waals surface area contributed by atoms with Gasteiger partial charge in [-0.2, -0.15) is 5.10 Å². The molecule has 6 rings (SSSR count). The predicted octanol–water partition coefficient (Wildman–Crippen LogP) is 6.15. The van der Waals surface area contributed by atoms with Gasteiger partial charge >= 0.3 is 0 Å². The summed E-state index contributed by atoms with van der Waals surface area (Å²) in [6, 6.07) is 16.2. The number of rotatable bonds is 5. The normalized spacial score (nSPS) is 21.5. The largest absolute Gasteiger partial charge is 0.378 e. The molecule has 3 aromatic rings. The number of amides is 1. The lowest BCUT2D eigenvalue weighted by molar-refractivity contribution is -0.384. The molecule has 41 heavy (non-hydrogen) atoms. The van der Waals surface area contributed by atoms with Crippen molar-refractivity contribution in [1.29, 1.82) is 0 Å². The lowest BCUT2D eigenvalue weighted by atomic mass is 9.77. The summed E-state index contributed by atoms with van der Waals surface area (Å²) in [5.74, 6) is -1.33. The molecule has 2 aliphatic heterocycles. The van der Waals surface area contributed by atoms with Gasteiger partial charge in [0.1, 0.15) is 17.3 Å². The molecule has 0 aromatic heterocycles. The minimum atomic E-state index is -0.506. The lowest BCUT2D eigenvalue weighted by Crippen LogP contribution is -2.36. The number of nitro benzene ring substituents is 1. The van der Waals surface area contributed by atoms with Crippen LogP contribution in [0.25, 0.3) is 6.08 Å². The van der Waals surface area contributed by atoms with Crippen molar-refractivity contribution in [2.45, 2.75) is 25.3 Å². The summed E-state index contributed by atoms with van der Waals surface area (Å²) in [7, 11) is 0. The highest BCUT2D eigenvalue weighted by molar-refractivity contribution is 6.09. The minimum Gasteiger partial charge on any atom is -0.378 e. The smallest absolute Gasteiger partial charge is 0.293 e. The molecule has 1 saturated carbocycles. The number of hydrogen-bond acceptors (Lipinski definition) is 6. The molecule has 2 atom stereocenters. The van der Waals surface area contributed by atoms with Crippen LogP contribution in [0.4, 0.5) is 20.2 Å². The van der Waals surface area contributed by atoms with Crippen LogP contribution in [0.1, 0.15) is 46.8 Å². The van der Waals surface area contributed by atoms with E-state index in [4.69, 9.17) is 9.84 Å². The summed E-state index contributed by atoms with van der Waals surface area (Å²) >= 11 is 0. The number of hydrazone groups is 1. The van der Waals surface area contributed by atoms with Crippen LogP contribution in [0, 0.1) is 27.7 Å². The second kappa shape index (κ2) is 11.2. The molecule has 0 radical (unpaired) electrons. The number of carbonyl (C=O) groups excluding carboxylic acids is 1. The van der Waals surface area contributed by atoms with E-state index in [0.717, 1.165) is 41.7 Å². The third-order valence-corrected chi connectivity index (χ3v) is 7.90. The quantitative estimate of drug-likeness (QED) is 0.277. The van der Waals surface area contributed by atoms with Gasteiger partial charge in [0.25, 0.3) is 11.6 Å². The number of anilines is 1. The fraction of sp³-hybridized carbons (Fsp3) is 0.290. The Morgan fingerprint density at radius 1 is 1.00 bits per heavy atom. The monoisotopic (exact) mass is 558 g/mol. The first kappa shape index (κ1) is 26.8. The number of nitro groups is 1. The van der Waals surface area contributed by atoms with Gasteiger partial charge in [0.05, 0.1) is 29.9 Å². The van der Waals surface area contributed by atoms with Gasteiger partial charge in [-0.15, -0.1) is 0 Å². The average Bonchev–Trinajstić information content (AvgIpc) is 3.39. The van der Waals surface area contributed by atoms with E-state index in [1.165, 1.54) is 35.3 Å². The highest BCUT2D eigenvalue weighted by Gasteiger charge is 2.44. The molecule has 0 N–H and O–H groups in total. The van der Waals surface area contributed by atoms with Crippen molar-refractivity contribution in [3.05, 3.63) is 111 Å². The zero-order chi connectivity index (χ0) is 28.5. The van der Waals surface area contributed by atoms with E-state index >= 15 is 0 Å². The van der Waals surface area contributed by atoms with E-state index in [2.05, 4.69) is 0 Å². The number of benzene rings is 3. The highest BCUT2D eigenvalue weighted by Crippen LogP contribution is 2.45. The zero-order valence-corrected chi connectivity index (χ0v) is 22.2. The summed E-state index contributed by atoms with van der Waals surface area (Å²) < 4.78 is 32.7. The maximum atomic E-state index is 14.0. The van der Waals surface area contributed by atoms with Crippen LogP contribution in [-0.4, -0.2) is 47.9 Å². The van der Waals surface area contributed by atoms with Crippen LogP contribution in [-0.2, 0) is 4.74 Å². The van der Waals surface area contributed by atoms with Gasteiger partial charge < -0.3 is 9.64 Å². The number of nitrogens with zero attached hydrogens (tertiary/aromatic N) is 4. The van der Waals surface area contributed by atoms with Gasteiger partial charge in [0, 0.05) is 30.6 Å². The van der Waals surface area contributed by atoms with Crippen LogP contribution >= 0.6 is 0 Å². The first-order valence-electron chi connectivity index (χ1n) is 13.6. The summed E-state index contributed by atoms with van der Waals surface area (Å²) in [5.41, 5.74) is 3.68. The van der Waals surface area contributed by atoms with Crippen LogP contribution in [0.3, 0.4) is 0 Å². The van der Waals surface area contributed by atoms with Crippen LogP contribution in [0.2, 0.25) is 0 Å². The Hall–Kier alpha value is -4.44. The third-order valence-electron chi connectivity index (χ3n) is 7.90. The van der Waals surface area contributed by atoms with Gasteiger partial charge in [0.15, 0.2) is 0 Å². The number of halogens is 2. The van der Waals surface area contributed by atoms with Crippen LogP contribution in [0.15, 0.2) is 77.4 Å². The van der Waals surface area contributed by atoms with Crippen molar-refractivity contribution < 1.29 is 23.2 Å². The topological polar surface area (TPSA) is 88.3 Å². The SMILES string of the molecule is O=C(c1ccc(N2CCOCC2)c([N+](=O)[O-])c1)N1N=C2/C(=C/c3ccc(F)cc3)CCC[C@@H]2[C@H]1c1ccc(F)cc1. The number of allylic oxidation sites excluding steroid dienone is 1. The Morgan fingerprint density at radius 2 is 1.68 bits per heavy atom. The van der Waals surface area contributed by atoms with Crippen LogP contribution in [0.5, 0.6) is 0 Å². The molecule has 210 valence electrons. The number of ether oxygens (including phenoxy) is 1. The Morgan fingerprint density at radius 3 is 2.37 bits per heavy atom. The molecule has 0 spiro atoms. The molecule has 2 fully saturated rings. The van der Waals surface area contributed by atoms with Gasteiger partial charge in [-0.1, -0.05) is 24.3 Å². The van der Waals surface area contributed by atoms with E-state index in [1.807, 2.05) is 11.0 Å². The Balaban J connectivity index is 1.40. The molecular formula is C31H28F2N4O4. The van der Waals surface area contributed by atoms with Crippen molar-refractivity contribution in [2.24, 2.45) is 11.0 Å². The number of carbonyl (C=O) groups is 1. The molecular weight excluding hydrogens is 530 g/mol. The standard InChI is InChI=1S/C31H28F2N4O4/c32-24-9-4-20(5-10-24)18-22-2-1-3-26-29(22)34-36(30(26)21-6-11-25(33)12-7-21)31(38)23-8-13-27(28(19-23)37(39)40)35-14-16-41-17-15-35/h4-13,18-19,26,30H,1-3,14-17H2/b22-18+/t26-,30+/m0/s1. The average molecular weight is 559 g/mol. The van der Waals surface area contributed by atoms with E-state index in [0.29, 0.717) is 32.0 Å². The van der Waals surface area contributed by atoms with Crippen molar-refractivity contribution in [3.63, 3.8) is 0 Å². The second-order valence-electron chi connectivity index (χ2n) is 10.4. The Kier molecular flexibility index (Phi) is 7.32. The molecule has 1 saturated heterocycles. The molecule has 0 unspecified atom stereocenters. The molecule has 3 aliphatic rings. The minimum absolute atomic E-state index is 0.146. The summed E-state index contributed by atoms with van der Waals surface area (Å²) in [6.07, 6.45) is 4.32. The molecule has 2 heterocycles. The number of morpholine rings is 1. The summed E-state index contributed by atoms with van der Waals surface area (Å²) in [6.45, 7) is 1.98. The first-order chi connectivity index (χ1) is 19.9. The molecule has 1 amide bonds. The summed E-state index contributed by atoms with van der Waals surface area (Å²) in [5, 5.41) is 18.3. The third kappa shape index (κ3) is 5.35. The molecule has 1 aliphatic carbocycles. The van der Waals surface area contributed by atoms with Crippen LogP contribution < -0.4 is 4.90 Å². The molecule has 3 aromatic carbocycles. The van der Waals surface area contributed by atoms with Gasteiger partial charge in [-0.05, 0) is 78.4 Å². The highest BCUT2D eigenvalue weighted by atomic mass is 19.1. The van der Waals surface area contributed by atoms with E-state index in [9.17, 15) is 23.7 Å². The Labute approximate surface area is 235 Å². The van der Waals surface area contributed by atoms with Crippen molar-refractivity contribution in [2.75, 3.05) is 31.2 Å². The van der Waals surface area contributed by atoms with E-state index < -0.39 is 16.9 Å².